The molecule has 0 radical (unpaired) electrons. The summed E-state index contributed by atoms with van der Waals surface area (Å²) in [5.41, 5.74) is 7.94. The molecule has 16 heavy (non-hydrogen) atoms. The van der Waals surface area contributed by atoms with Crippen LogP contribution in [0.1, 0.15) is 61.8 Å². The fourth-order valence-corrected chi connectivity index (χ4v) is 3.79. The highest BCUT2D eigenvalue weighted by atomic mass is 32.1. The van der Waals surface area contributed by atoms with E-state index < -0.39 is 0 Å². The van der Waals surface area contributed by atoms with E-state index >= 15 is 0 Å². The van der Waals surface area contributed by atoms with Crippen molar-refractivity contribution in [1.82, 2.24) is 0 Å². The first kappa shape index (κ1) is 12.1. The van der Waals surface area contributed by atoms with Gasteiger partial charge in [-0.15, -0.1) is 11.3 Å². The van der Waals surface area contributed by atoms with Gasteiger partial charge in [-0.05, 0) is 42.7 Å². The second kappa shape index (κ2) is 5.83. The minimum absolute atomic E-state index is 0.389. The van der Waals surface area contributed by atoms with Crippen LogP contribution in [0.3, 0.4) is 0 Å². The molecule has 1 heterocycles. The highest BCUT2D eigenvalue weighted by Gasteiger charge is 2.25. The minimum Gasteiger partial charge on any atom is -0.327 e. The predicted molar refractivity (Wildman–Crippen MR) is 72.1 cm³/mol. The van der Waals surface area contributed by atoms with Gasteiger partial charge in [0.1, 0.15) is 0 Å². The summed E-state index contributed by atoms with van der Waals surface area (Å²) in [7, 11) is 0. The number of hydrogen-bond donors (Lipinski definition) is 1. The second-order valence-corrected chi connectivity index (χ2v) is 5.96. The Labute approximate surface area is 103 Å². The average Bonchev–Trinajstić information content (AvgIpc) is 2.76. The molecule has 2 unspecified atom stereocenters. The highest BCUT2D eigenvalue weighted by molar-refractivity contribution is 7.10. The number of aryl methyl sites for hydroxylation is 1. The van der Waals surface area contributed by atoms with Gasteiger partial charge in [-0.2, -0.15) is 0 Å². The zero-order valence-corrected chi connectivity index (χ0v) is 11.1. The first-order valence-electron chi connectivity index (χ1n) is 6.64. The van der Waals surface area contributed by atoms with E-state index in [4.69, 9.17) is 5.73 Å². The van der Waals surface area contributed by atoms with Crippen molar-refractivity contribution in [3.63, 3.8) is 0 Å². The van der Waals surface area contributed by atoms with E-state index in [0.29, 0.717) is 12.0 Å². The molecule has 1 nitrogen and oxygen atoms in total. The van der Waals surface area contributed by atoms with Crippen molar-refractivity contribution in [3.05, 3.63) is 21.9 Å². The molecule has 1 aliphatic rings. The third kappa shape index (κ3) is 2.67. The summed E-state index contributed by atoms with van der Waals surface area (Å²) >= 11 is 1.92. The lowest BCUT2D eigenvalue weighted by molar-refractivity contribution is 0.431. The Morgan fingerprint density at radius 2 is 2.38 bits per heavy atom. The standard InChI is InChI=1S/C14H23NS/c1-2-3-4-7-13(15)11-6-5-8-14-12(11)9-10-16-14/h9-11,13H,2-8,15H2,1H3. The smallest absolute Gasteiger partial charge is 0.0108 e. The molecular weight excluding hydrogens is 214 g/mol. The first-order chi connectivity index (χ1) is 7.83. The van der Waals surface area contributed by atoms with Gasteiger partial charge in [0.15, 0.2) is 0 Å². The molecule has 90 valence electrons. The van der Waals surface area contributed by atoms with Crippen molar-refractivity contribution in [1.29, 1.82) is 0 Å². The van der Waals surface area contributed by atoms with Gasteiger partial charge in [-0.3, -0.25) is 0 Å². The zero-order chi connectivity index (χ0) is 11.4. The third-order valence-corrected chi connectivity index (χ3v) is 4.75. The highest BCUT2D eigenvalue weighted by Crippen LogP contribution is 2.37. The fraction of sp³-hybridized carbons (Fsp3) is 0.714. The summed E-state index contributed by atoms with van der Waals surface area (Å²) in [6.07, 6.45) is 9.04. The van der Waals surface area contributed by atoms with Gasteiger partial charge in [0.25, 0.3) is 0 Å². The van der Waals surface area contributed by atoms with Crippen LogP contribution in [-0.2, 0) is 6.42 Å². The molecule has 0 aromatic carbocycles. The molecule has 2 heteroatoms. The monoisotopic (exact) mass is 237 g/mol. The van der Waals surface area contributed by atoms with Gasteiger partial charge in [-0.25, -0.2) is 0 Å². The molecule has 2 rings (SSSR count). The van der Waals surface area contributed by atoms with Crippen LogP contribution in [-0.4, -0.2) is 6.04 Å². The van der Waals surface area contributed by atoms with Gasteiger partial charge < -0.3 is 5.73 Å². The van der Waals surface area contributed by atoms with Crippen LogP contribution < -0.4 is 5.73 Å². The molecule has 0 saturated heterocycles. The van der Waals surface area contributed by atoms with E-state index in [1.165, 1.54) is 44.9 Å². The lowest BCUT2D eigenvalue weighted by atomic mass is 9.81. The third-order valence-electron chi connectivity index (χ3n) is 3.76. The molecule has 2 N–H and O–H groups in total. The first-order valence-corrected chi connectivity index (χ1v) is 7.52. The van der Waals surface area contributed by atoms with Crippen LogP contribution in [0.2, 0.25) is 0 Å². The molecule has 1 aromatic rings. The Hall–Kier alpha value is -0.340. The Morgan fingerprint density at radius 3 is 3.19 bits per heavy atom. The average molecular weight is 237 g/mol. The van der Waals surface area contributed by atoms with Gasteiger partial charge in [0, 0.05) is 16.8 Å². The van der Waals surface area contributed by atoms with Crippen LogP contribution in [0.5, 0.6) is 0 Å². The second-order valence-electron chi connectivity index (χ2n) is 4.96. The van der Waals surface area contributed by atoms with Gasteiger partial charge in [0.2, 0.25) is 0 Å². The fourth-order valence-electron chi connectivity index (χ4n) is 2.80. The van der Waals surface area contributed by atoms with Crippen LogP contribution in [0.15, 0.2) is 11.4 Å². The van der Waals surface area contributed by atoms with Crippen molar-refractivity contribution in [3.8, 4) is 0 Å². The van der Waals surface area contributed by atoms with Crippen LogP contribution in [0.4, 0.5) is 0 Å². The topological polar surface area (TPSA) is 26.0 Å². The maximum atomic E-state index is 6.37. The molecular formula is C14H23NS. The van der Waals surface area contributed by atoms with Crippen molar-refractivity contribution < 1.29 is 0 Å². The molecule has 0 aliphatic heterocycles. The number of fused-ring (bicyclic) bond motifs is 1. The summed E-state index contributed by atoms with van der Waals surface area (Å²) in [6.45, 7) is 2.25. The Bertz CT molecular complexity index is 318. The van der Waals surface area contributed by atoms with E-state index in [2.05, 4.69) is 18.4 Å². The van der Waals surface area contributed by atoms with E-state index in [0.717, 1.165) is 0 Å². The predicted octanol–water partition coefficient (Wildman–Crippen LogP) is 4.08. The molecule has 1 aliphatic carbocycles. The SMILES string of the molecule is CCCCCC(N)C1CCCc2sccc21. The molecule has 0 bridgehead atoms. The lowest BCUT2D eigenvalue weighted by Gasteiger charge is -2.28. The Balaban J connectivity index is 1.95. The number of hydrogen-bond acceptors (Lipinski definition) is 2. The molecule has 1 aromatic heterocycles. The van der Waals surface area contributed by atoms with Crippen molar-refractivity contribution in [2.45, 2.75) is 63.8 Å². The summed E-state index contributed by atoms with van der Waals surface area (Å²) in [5, 5.41) is 2.24. The van der Waals surface area contributed by atoms with Crippen molar-refractivity contribution in [2.24, 2.45) is 5.73 Å². The van der Waals surface area contributed by atoms with Crippen LogP contribution >= 0.6 is 11.3 Å². The molecule has 0 amide bonds. The quantitative estimate of drug-likeness (QED) is 0.767. The Kier molecular flexibility index (Phi) is 4.42. The van der Waals surface area contributed by atoms with Crippen molar-refractivity contribution in [2.75, 3.05) is 0 Å². The van der Waals surface area contributed by atoms with Gasteiger partial charge in [-0.1, -0.05) is 26.2 Å². The number of unbranched alkanes of at least 4 members (excludes halogenated alkanes) is 2. The summed E-state index contributed by atoms with van der Waals surface area (Å²) in [4.78, 5) is 1.60. The van der Waals surface area contributed by atoms with Crippen LogP contribution in [0, 0.1) is 0 Å². The zero-order valence-electron chi connectivity index (χ0n) is 10.2. The van der Waals surface area contributed by atoms with Gasteiger partial charge >= 0.3 is 0 Å². The molecule has 0 fully saturated rings. The van der Waals surface area contributed by atoms with E-state index in [1.54, 1.807) is 10.4 Å². The van der Waals surface area contributed by atoms with E-state index in [1.807, 2.05) is 11.3 Å². The number of thiophene rings is 1. The summed E-state index contributed by atoms with van der Waals surface area (Å²) < 4.78 is 0. The van der Waals surface area contributed by atoms with E-state index in [9.17, 15) is 0 Å². The lowest BCUT2D eigenvalue weighted by Crippen LogP contribution is -2.30. The Morgan fingerprint density at radius 1 is 1.50 bits per heavy atom. The largest absolute Gasteiger partial charge is 0.327 e. The van der Waals surface area contributed by atoms with E-state index in [-0.39, 0.29) is 0 Å². The van der Waals surface area contributed by atoms with Gasteiger partial charge in [0.05, 0.1) is 0 Å². The van der Waals surface area contributed by atoms with Crippen molar-refractivity contribution >= 4 is 11.3 Å². The minimum atomic E-state index is 0.389. The molecule has 0 spiro atoms. The number of rotatable bonds is 5. The summed E-state index contributed by atoms with van der Waals surface area (Å²) in [5.74, 6) is 0.645. The maximum absolute atomic E-state index is 6.37. The van der Waals surface area contributed by atoms with Crippen LogP contribution in [0.25, 0.3) is 0 Å². The maximum Gasteiger partial charge on any atom is 0.0108 e. The molecule has 0 saturated carbocycles. The normalized spacial score (nSPS) is 21.8. The number of nitrogens with two attached hydrogens (primary N) is 1. The molecule has 2 atom stereocenters. The summed E-state index contributed by atoms with van der Waals surface area (Å²) in [6, 6.07) is 2.70.